The highest BCUT2D eigenvalue weighted by atomic mass is 32.2. The van der Waals surface area contributed by atoms with Gasteiger partial charge in [0.05, 0.1) is 4.90 Å². The number of hydrogen-bond acceptors (Lipinski definition) is 5. The quantitative estimate of drug-likeness (QED) is 0.824. The van der Waals surface area contributed by atoms with E-state index in [2.05, 4.69) is 18.3 Å². The van der Waals surface area contributed by atoms with Gasteiger partial charge in [-0.3, -0.25) is 0 Å². The van der Waals surface area contributed by atoms with Gasteiger partial charge < -0.3 is 14.8 Å². The van der Waals surface area contributed by atoms with Gasteiger partial charge in [0.15, 0.2) is 21.3 Å². The first-order valence-corrected chi connectivity index (χ1v) is 11.8. The number of nitrogens with one attached hydrogen (secondary N) is 1. The zero-order chi connectivity index (χ0) is 19.7. The summed E-state index contributed by atoms with van der Waals surface area (Å²) >= 11 is 0. The van der Waals surface area contributed by atoms with E-state index in [1.165, 1.54) is 11.8 Å². The summed E-state index contributed by atoms with van der Waals surface area (Å²) in [6.07, 6.45) is 4.51. The summed E-state index contributed by atoms with van der Waals surface area (Å²) in [5.41, 5.74) is 2.36. The van der Waals surface area contributed by atoms with Gasteiger partial charge in [-0.25, -0.2) is 8.42 Å². The van der Waals surface area contributed by atoms with Crippen LogP contribution in [0.5, 0.6) is 11.5 Å². The largest absolute Gasteiger partial charge is 0.486 e. The van der Waals surface area contributed by atoms with Crippen LogP contribution in [-0.2, 0) is 9.84 Å². The standard InChI is InChI=1S/C22H27NO4S/c1-15(20-4-3-5-21-22(20)27-13-12-26-21)23-18-9-6-17(14-18)16-7-10-19(11-8-16)28(2,24)25/h3-5,7-8,10-11,15,17-18,23H,6,9,12-14H2,1-2H3/t15-,17+,18?/m1/s1. The molecule has 1 unspecified atom stereocenters. The zero-order valence-electron chi connectivity index (χ0n) is 16.4. The summed E-state index contributed by atoms with van der Waals surface area (Å²) in [5, 5.41) is 3.75. The van der Waals surface area contributed by atoms with Crippen molar-refractivity contribution in [2.75, 3.05) is 19.5 Å². The van der Waals surface area contributed by atoms with Crippen molar-refractivity contribution in [1.82, 2.24) is 5.32 Å². The van der Waals surface area contributed by atoms with Crippen LogP contribution in [0.3, 0.4) is 0 Å². The summed E-state index contributed by atoms with van der Waals surface area (Å²) in [5.74, 6) is 2.15. The molecule has 1 saturated carbocycles. The molecule has 1 aliphatic heterocycles. The Bertz CT molecular complexity index is 940. The van der Waals surface area contributed by atoms with Crippen LogP contribution in [-0.4, -0.2) is 33.9 Å². The Morgan fingerprint density at radius 3 is 2.54 bits per heavy atom. The SMILES string of the molecule is C[C@@H](NC1CC[C@H](c2ccc(S(C)(=O)=O)cc2)C1)c1cccc2c1OCCO2. The van der Waals surface area contributed by atoms with Gasteiger partial charge >= 0.3 is 0 Å². The molecular weight excluding hydrogens is 374 g/mol. The minimum atomic E-state index is -3.14. The molecule has 4 rings (SSSR count). The van der Waals surface area contributed by atoms with Crippen LogP contribution in [0, 0.1) is 0 Å². The Kier molecular flexibility index (Phi) is 5.34. The van der Waals surface area contributed by atoms with Crippen molar-refractivity contribution in [2.24, 2.45) is 0 Å². The normalized spacial score (nSPS) is 22.8. The van der Waals surface area contributed by atoms with E-state index >= 15 is 0 Å². The van der Waals surface area contributed by atoms with Crippen LogP contribution >= 0.6 is 0 Å². The molecule has 0 spiro atoms. The van der Waals surface area contributed by atoms with Gasteiger partial charge in [-0.1, -0.05) is 24.3 Å². The minimum absolute atomic E-state index is 0.174. The Morgan fingerprint density at radius 1 is 1.04 bits per heavy atom. The number of para-hydroxylation sites is 1. The Morgan fingerprint density at radius 2 is 1.79 bits per heavy atom. The molecular formula is C22H27NO4S. The number of sulfone groups is 1. The number of fused-ring (bicyclic) bond motifs is 1. The van der Waals surface area contributed by atoms with Gasteiger partial charge in [0, 0.05) is 23.9 Å². The molecule has 1 fully saturated rings. The maximum absolute atomic E-state index is 11.6. The lowest BCUT2D eigenvalue weighted by Crippen LogP contribution is -2.30. The molecule has 0 bridgehead atoms. The van der Waals surface area contributed by atoms with Crippen molar-refractivity contribution < 1.29 is 17.9 Å². The van der Waals surface area contributed by atoms with Gasteiger partial charge in [0.1, 0.15) is 13.2 Å². The summed E-state index contributed by atoms with van der Waals surface area (Å²) in [6, 6.07) is 14.0. The summed E-state index contributed by atoms with van der Waals surface area (Å²) < 4.78 is 34.8. The molecule has 2 aliphatic rings. The first-order chi connectivity index (χ1) is 13.4. The summed E-state index contributed by atoms with van der Waals surface area (Å²) in [7, 11) is -3.14. The zero-order valence-corrected chi connectivity index (χ0v) is 17.2. The highest BCUT2D eigenvalue weighted by Gasteiger charge is 2.28. The lowest BCUT2D eigenvalue weighted by atomic mass is 9.97. The van der Waals surface area contributed by atoms with E-state index in [9.17, 15) is 8.42 Å². The summed E-state index contributed by atoms with van der Waals surface area (Å²) in [4.78, 5) is 0.383. The molecule has 1 N–H and O–H groups in total. The predicted octanol–water partition coefficient (Wildman–Crippen LogP) is 3.85. The highest BCUT2D eigenvalue weighted by molar-refractivity contribution is 7.90. The Hall–Kier alpha value is -2.05. The molecule has 0 amide bonds. The number of rotatable bonds is 5. The van der Waals surface area contributed by atoms with Crippen LogP contribution in [0.15, 0.2) is 47.4 Å². The van der Waals surface area contributed by atoms with E-state index in [-0.39, 0.29) is 6.04 Å². The smallest absolute Gasteiger partial charge is 0.175 e. The lowest BCUT2D eigenvalue weighted by Gasteiger charge is -2.26. The molecule has 150 valence electrons. The van der Waals surface area contributed by atoms with Gasteiger partial charge in [0.2, 0.25) is 0 Å². The van der Waals surface area contributed by atoms with Gasteiger partial charge in [-0.05, 0) is 55.9 Å². The fraction of sp³-hybridized carbons (Fsp3) is 0.455. The second-order valence-corrected chi connectivity index (χ2v) is 9.82. The van der Waals surface area contributed by atoms with Gasteiger partial charge in [0.25, 0.3) is 0 Å². The molecule has 1 aliphatic carbocycles. The van der Waals surface area contributed by atoms with Crippen LogP contribution < -0.4 is 14.8 Å². The molecule has 0 aromatic heterocycles. The first-order valence-electron chi connectivity index (χ1n) is 9.86. The van der Waals surface area contributed by atoms with E-state index in [0.717, 1.165) is 36.3 Å². The average molecular weight is 402 g/mol. The van der Waals surface area contributed by atoms with Gasteiger partial charge in [-0.15, -0.1) is 0 Å². The fourth-order valence-corrected chi connectivity index (χ4v) is 4.93. The van der Waals surface area contributed by atoms with Crippen molar-refractivity contribution in [2.45, 2.75) is 49.1 Å². The molecule has 6 heteroatoms. The first kappa shape index (κ1) is 19.3. The van der Waals surface area contributed by atoms with Crippen molar-refractivity contribution in [3.63, 3.8) is 0 Å². The lowest BCUT2D eigenvalue weighted by molar-refractivity contribution is 0.168. The van der Waals surface area contributed by atoms with E-state index in [1.807, 2.05) is 24.3 Å². The molecule has 28 heavy (non-hydrogen) atoms. The Balaban J connectivity index is 1.41. The minimum Gasteiger partial charge on any atom is -0.486 e. The molecule has 0 saturated heterocycles. The monoisotopic (exact) mass is 401 g/mol. The highest BCUT2D eigenvalue weighted by Crippen LogP contribution is 2.39. The predicted molar refractivity (Wildman–Crippen MR) is 109 cm³/mol. The Labute approximate surface area is 167 Å². The molecule has 0 radical (unpaired) electrons. The maximum atomic E-state index is 11.6. The topological polar surface area (TPSA) is 64.6 Å². The molecule has 1 heterocycles. The number of benzene rings is 2. The molecule has 2 aromatic carbocycles. The van der Waals surface area contributed by atoms with E-state index in [0.29, 0.717) is 30.1 Å². The van der Waals surface area contributed by atoms with Crippen molar-refractivity contribution in [3.8, 4) is 11.5 Å². The molecule has 3 atom stereocenters. The third-order valence-corrected chi connectivity index (χ3v) is 6.89. The second-order valence-electron chi connectivity index (χ2n) is 7.81. The second kappa shape index (κ2) is 7.76. The van der Waals surface area contributed by atoms with Crippen LogP contribution in [0.2, 0.25) is 0 Å². The van der Waals surface area contributed by atoms with E-state index in [1.54, 1.807) is 12.1 Å². The third kappa shape index (κ3) is 4.03. The summed E-state index contributed by atoms with van der Waals surface area (Å²) in [6.45, 7) is 3.36. The van der Waals surface area contributed by atoms with Crippen LogP contribution in [0.25, 0.3) is 0 Å². The van der Waals surface area contributed by atoms with Crippen molar-refractivity contribution >= 4 is 9.84 Å². The van der Waals surface area contributed by atoms with E-state index < -0.39 is 9.84 Å². The van der Waals surface area contributed by atoms with E-state index in [4.69, 9.17) is 9.47 Å². The van der Waals surface area contributed by atoms with Crippen molar-refractivity contribution in [3.05, 3.63) is 53.6 Å². The number of hydrogen-bond donors (Lipinski definition) is 1. The molecule has 5 nitrogen and oxygen atoms in total. The van der Waals surface area contributed by atoms with Gasteiger partial charge in [-0.2, -0.15) is 0 Å². The van der Waals surface area contributed by atoms with Crippen LogP contribution in [0.4, 0.5) is 0 Å². The molecule has 2 aromatic rings. The number of ether oxygens (including phenoxy) is 2. The van der Waals surface area contributed by atoms with Crippen LogP contribution in [0.1, 0.15) is 49.3 Å². The maximum Gasteiger partial charge on any atom is 0.175 e. The van der Waals surface area contributed by atoms with Crippen molar-refractivity contribution in [1.29, 1.82) is 0 Å². The third-order valence-electron chi connectivity index (χ3n) is 5.76. The fourth-order valence-electron chi connectivity index (χ4n) is 4.30. The average Bonchev–Trinajstić information content (AvgIpc) is 3.15.